The van der Waals surface area contributed by atoms with Crippen LogP contribution in [0.15, 0.2) is 66.8 Å². The minimum atomic E-state index is -4.51. The highest BCUT2D eigenvalue weighted by Crippen LogP contribution is 2.47. The molecule has 0 radical (unpaired) electrons. The second-order valence-corrected chi connectivity index (χ2v) is 21.6. The Kier molecular flexibility index (Phi) is 14.0. The van der Waals surface area contributed by atoms with Crippen molar-refractivity contribution >= 4 is 60.6 Å². The van der Waals surface area contributed by atoms with Gasteiger partial charge in [0.15, 0.2) is 5.54 Å². The molecular formula is C49H59N4O12S2+. The highest BCUT2D eigenvalue weighted by Gasteiger charge is 2.37. The van der Waals surface area contributed by atoms with E-state index in [2.05, 4.69) is 22.8 Å². The number of likely N-dealkylation sites (N-methyl/N-ethyl adjacent to an activating group) is 2. The van der Waals surface area contributed by atoms with Gasteiger partial charge in [-0.1, -0.05) is 24.3 Å². The molecule has 0 bridgehead atoms. The van der Waals surface area contributed by atoms with Crippen molar-refractivity contribution in [2.24, 2.45) is 0 Å². The van der Waals surface area contributed by atoms with E-state index in [1.807, 2.05) is 51.3 Å². The number of unbranched alkanes of at least 4 members (excludes halogenated alkanes) is 2. The number of carboxylic acids is 1. The summed E-state index contributed by atoms with van der Waals surface area (Å²) in [6.07, 6.45) is 13.7. The highest BCUT2D eigenvalue weighted by atomic mass is 32.2. The first kappa shape index (κ1) is 49.1. The topological polar surface area (TPSA) is 229 Å². The number of hydrogen-bond donors (Lipinski definition) is 5. The number of nitrogens with zero attached hydrogens (tertiary/aromatic N) is 2. The fourth-order valence-corrected chi connectivity index (χ4v) is 10.5. The van der Waals surface area contributed by atoms with E-state index in [0.29, 0.717) is 93.5 Å². The lowest BCUT2D eigenvalue weighted by molar-refractivity contribution is 0.0696. The van der Waals surface area contributed by atoms with E-state index in [9.17, 15) is 45.4 Å². The van der Waals surface area contributed by atoms with Crippen molar-refractivity contribution in [3.63, 3.8) is 0 Å². The zero-order chi connectivity index (χ0) is 48.6. The van der Waals surface area contributed by atoms with Gasteiger partial charge in [-0.25, -0.2) is 14.2 Å². The number of carbonyl (C=O) groups excluding carboxylic acids is 2. The summed E-state index contributed by atoms with van der Waals surface area (Å²) in [7, 11) is -5.35. The molecule has 5 N–H and O–H groups in total. The Morgan fingerprint density at radius 1 is 0.806 bits per heavy atom. The molecule has 0 fully saturated rings. The number of anilines is 1. The maximum atomic E-state index is 13.5. The molecule has 18 heteroatoms. The molecule has 358 valence electrons. The molecule has 1 atom stereocenters. The number of carbonyl (C=O) groups is 3. The van der Waals surface area contributed by atoms with Gasteiger partial charge in [0.05, 0.1) is 22.7 Å². The van der Waals surface area contributed by atoms with Crippen LogP contribution in [0.2, 0.25) is 0 Å². The van der Waals surface area contributed by atoms with Gasteiger partial charge in [-0.05, 0) is 112 Å². The first-order valence-electron chi connectivity index (χ1n) is 22.4. The molecule has 3 heterocycles. The number of ether oxygens (including phenoxy) is 2. The number of alkyl carbamates (subject to hydrolysis) is 1. The molecule has 0 aromatic heterocycles. The number of rotatable bonds is 14. The lowest BCUT2D eigenvalue weighted by Gasteiger charge is -2.41. The average molecular weight is 960 g/mol. The van der Waals surface area contributed by atoms with Crippen molar-refractivity contribution < 1.29 is 54.9 Å². The maximum Gasteiger partial charge on any atom is 0.407 e. The molecule has 0 saturated heterocycles. The second-order valence-electron chi connectivity index (χ2n) is 18.7. The van der Waals surface area contributed by atoms with E-state index < -0.39 is 60.8 Å². The van der Waals surface area contributed by atoms with Crippen LogP contribution in [0.3, 0.4) is 0 Å². The molecule has 0 saturated carbocycles. The molecular weight excluding hydrogens is 901 g/mol. The third-order valence-corrected chi connectivity index (χ3v) is 14.4. The number of fused-ring (bicyclic) bond motifs is 4. The molecule has 3 aromatic carbocycles. The Balaban J connectivity index is 1.24. The van der Waals surface area contributed by atoms with E-state index in [1.165, 1.54) is 18.2 Å². The smallest absolute Gasteiger partial charge is 0.407 e. The van der Waals surface area contributed by atoms with Crippen molar-refractivity contribution in [2.75, 3.05) is 43.6 Å². The normalized spacial score (nSPS) is 18.9. The van der Waals surface area contributed by atoms with Crippen molar-refractivity contribution in [3.8, 4) is 11.5 Å². The van der Waals surface area contributed by atoms with Crippen LogP contribution in [0.1, 0.15) is 122 Å². The molecule has 1 unspecified atom stereocenters. The third kappa shape index (κ3) is 11.1. The standard InChI is InChI=1S/C49H58N4O12S2/c1-48(2)26-31(28-66(58,59)60)35-22-38-42(24-40(35)52(48)5)65-43-25-41-36(32(29-67(61,62)63)27-49(3,4)53(41)6)23-39(43)44(38)34-18-17-30(21-37(34)46(55)56)45(54)50-19-13-10-14-20-51-47(57)64-33-15-11-8-7-9-12-16-33/h7-8,17-18,21-27,33H,9-16,19-20,28-29H2,1-6H3,(H4-,50,51,54,55,56,57,58,59,60,61,62,63)/p+1/b8-7+. The molecule has 16 nitrogen and oxygen atoms in total. The third-order valence-electron chi connectivity index (χ3n) is 13.0. The zero-order valence-corrected chi connectivity index (χ0v) is 40.3. The molecule has 67 heavy (non-hydrogen) atoms. The lowest BCUT2D eigenvalue weighted by atomic mass is 9.83. The SMILES string of the molecule is CN1c2cc3c(cc2C(CS(=O)(=O)O)=CC1(C)C)C(c1ccc(C(=O)NCCCCCNC(=O)OC2CC/C=C/CCC2)cc1C(=O)O)=c1cc2c(cc1O3)=[N+](C)C(C)(C)C=C2CS(=O)(=O)O. The highest BCUT2D eigenvalue weighted by molar-refractivity contribution is 7.86. The van der Waals surface area contributed by atoms with Crippen LogP contribution < -0.4 is 35.4 Å². The fraction of sp³-hybridized carbons (Fsp3) is 0.429. The molecule has 2 amide bonds. The van der Waals surface area contributed by atoms with Gasteiger partial charge in [-0.2, -0.15) is 16.8 Å². The summed E-state index contributed by atoms with van der Waals surface area (Å²) in [4.78, 5) is 41.1. The summed E-state index contributed by atoms with van der Waals surface area (Å²) in [5.41, 5.74) is 1.44. The second kappa shape index (κ2) is 19.1. The van der Waals surface area contributed by atoms with Gasteiger partial charge in [0.1, 0.15) is 36.2 Å². The molecule has 3 aromatic rings. The van der Waals surface area contributed by atoms with Crippen LogP contribution in [0.25, 0.3) is 16.7 Å². The van der Waals surface area contributed by atoms with E-state index in [0.717, 1.165) is 32.1 Å². The van der Waals surface area contributed by atoms with E-state index in [1.54, 1.807) is 36.4 Å². The van der Waals surface area contributed by atoms with Crippen molar-refractivity contribution in [1.29, 1.82) is 0 Å². The Labute approximate surface area is 391 Å². The average Bonchev–Trinajstić information content (AvgIpc) is 3.22. The van der Waals surface area contributed by atoms with Gasteiger partial charge >= 0.3 is 12.1 Å². The van der Waals surface area contributed by atoms with Crippen molar-refractivity contribution in [1.82, 2.24) is 15.2 Å². The van der Waals surface area contributed by atoms with Crippen LogP contribution in [0.5, 0.6) is 11.5 Å². The summed E-state index contributed by atoms with van der Waals surface area (Å²) >= 11 is 0. The van der Waals surface area contributed by atoms with Crippen LogP contribution in [-0.4, -0.2) is 105 Å². The fourth-order valence-electron chi connectivity index (χ4n) is 9.21. The van der Waals surface area contributed by atoms with Crippen LogP contribution in [0.4, 0.5) is 10.5 Å². The molecule has 7 rings (SSSR count). The minimum Gasteiger partial charge on any atom is -0.478 e. The predicted molar refractivity (Wildman–Crippen MR) is 256 cm³/mol. The van der Waals surface area contributed by atoms with Crippen LogP contribution >= 0.6 is 0 Å². The largest absolute Gasteiger partial charge is 0.478 e. The van der Waals surface area contributed by atoms with E-state index >= 15 is 0 Å². The number of hydrogen-bond acceptors (Lipinski definition) is 10. The van der Waals surface area contributed by atoms with Gasteiger partial charge < -0.3 is 30.1 Å². The Hall–Kier alpha value is -5.82. The summed E-state index contributed by atoms with van der Waals surface area (Å²) in [6.45, 7) is 8.28. The lowest BCUT2D eigenvalue weighted by Crippen LogP contribution is -2.47. The summed E-state index contributed by atoms with van der Waals surface area (Å²) in [6, 6.07) is 11.2. The Morgan fingerprint density at radius 3 is 2.16 bits per heavy atom. The molecule has 3 aliphatic heterocycles. The van der Waals surface area contributed by atoms with E-state index in [4.69, 9.17) is 9.47 Å². The zero-order valence-electron chi connectivity index (χ0n) is 38.6. The van der Waals surface area contributed by atoms with E-state index in [-0.39, 0.29) is 22.8 Å². The minimum absolute atomic E-state index is 0.0868. The Bertz CT molecular complexity index is 2990. The number of aromatic carboxylic acids is 1. The number of carboxylic acid groups (broad SMARTS) is 1. The van der Waals surface area contributed by atoms with Gasteiger partial charge in [0.25, 0.3) is 26.1 Å². The van der Waals surface area contributed by atoms with Gasteiger partial charge in [0, 0.05) is 73.2 Å². The maximum absolute atomic E-state index is 13.5. The van der Waals surface area contributed by atoms with Crippen LogP contribution in [-0.2, 0) is 25.0 Å². The summed E-state index contributed by atoms with van der Waals surface area (Å²) in [5, 5.41) is 17.4. The first-order valence-corrected chi connectivity index (χ1v) is 25.6. The number of amides is 2. The number of nitrogens with one attached hydrogen (secondary N) is 2. The molecule has 0 spiro atoms. The first-order chi connectivity index (χ1) is 31.4. The predicted octanol–water partition coefficient (Wildman–Crippen LogP) is 5.94. The monoisotopic (exact) mass is 959 g/mol. The van der Waals surface area contributed by atoms with Crippen molar-refractivity contribution in [3.05, 3.63) is 111 Å². The van der Waals surface area contributed by atoms with Gasteiger partial charge in [0.2, 0.25) is 5.36 Å². The number of benzene rings is 3. The number of allylic oxidation sites excluding steroid dienone is 2. The van der Waals surface area contributed by atoms with Gasteiger partial charge in [-0.15, -0.1) is 0 Å². The Morgan fingerprint density at radius 2 is 1.48 bits per heavy atom. The molecule has 1 aliphatic carbocycles. The van der Waals surface area contributed by atoms with Crippen LogP contribution in [0, 0.1) is 0 Å². The van der Waals surface area contributed by atoms with Gasteiger partial charge in [-0.3, -0.25) is 13.9 Å². The summed E-state index contributed by atoms with van der Waals surface area (Å²) < 4.78 is 83.9. The quantitative estimate of drug-likeness (QED) is 0.0428. The molecule has 4 aliphatic rings. The summed E-state index contributed by atoms with van der Waals surface area (Å²) in [5.74, 6) is -2.63. The van der Waals surface area contributed by atoms with Crippen molar-refractivity contribution in [2.45, 2.75) is 96.2 Å².